The van der Waals surface area contributed by atoms with Gasteiger partial charge in [0.15, 0.2) is 0 Å². The molecule has 1 atom stereocenters. The van der Waals surface area contributed by atoms with E-state index in [0.717, 1.165) is 42.6 Å². The van der Waals surface area contributed by atoms with Gasteiger partial charge in [0.2, 0.25) is 5.91 Å². The highest BCUT2D eigenvalue weighted by Gasteiger charge is 2.27. The summed E-state index contributed by atoms with van der Waals surface area (Å²) in [6, 6.07) is 9.42. The first kappa shape index (κ1) is 18.2. The van der Waals surface area contributed by atoms with E-state index >= 15 is 0 Å². The van der Waals surface area contributed by atoms with E-state index in [2.05, 4.69) is 5.10 Å². The van der Waals surface area contributed by atoms with E-state index in [-0.39, 0.29) is 24.1 Å². The van der Waals surface area contributed by atoms with Gasteiger partial charge in [-0.3, -0.25) is 9.59 Å². The number of amides is 1. The fourth-order valence-electron chi connectivity index (χ4n) is 3.44. The summed E-state index contributed by atoms with van der Waals surface area (Å²) in [5.74, 6) is 0.738. The van der Waals surface area contributed by atoms with Crippen LogP contribution in [0.2, 0.25) is 0 Å². The topological polar surface area (TPSA) is 64.4 Å². The summed E-state index contributed by atoms with van der Waals surface area (Å²) in [4.78, 5) is 26.9. The molecule has 1 aromatic heterocycles. The minimum Gasteiger partial charge on any atom is -0.497 e. The number of ether oxygens (including phenoxy) is 1. The molecule has 0 aliphatic carbocycles. The SMILES string of the molecule is COc1ccc(C2CCCCCN2C(=O)Cn2ncc(C)cc2=O)cc1. The van der Waals surface area contributed by atoms with Crippen LogP contribution in [0.4, 0.5) is 0 Å². The first-order valence-corrected chi connectivity index (χ1v) is 9.05. The van der Waals surface area contributed by atoms with Crippen LogP contribution in [-0.4, -0.2) is 34.2 Å². The van der Waals surface area contributed by atoms with Gasteiger partial charge >= 0.3 is 0 Å². The molecule has 1 unspecified atom stereocenters. The fourth-order valence-corrected chi connectivity index (χ4v) is 3.44. The van der Waals surface area contributed by atoms with Gasteiger partial charge in [-0.05, 0) is 43.0 Å². The lowest BCUT2D eigenvalue weighted by Gasteiger charge is -2.30. The number of benzene rings is 1. The Hall–Kier alpha value is -2.63. The van der Waals surface area contributed by atoms with Crippen LogP contribution in [0.5, 0.6) is 5.75 Å². The molecule has 0 radical (unpaired) electrons. The number of nitrogens with zero attached hydrogens (tertiary/aromatic N) is 3. The molecule has 1 aliphatic heterocycles. The first-order valence-electron chi connectivity index (χ1n) is 9.05. The summed E-state index contributed by atoms with van der Waals surface area (Å²) in [5, 5.41) is 4.10. The van der Waals surface area contributed by atoms with Gasteiger partial charge in [-0.25, -0.2) is 4.68 Å². The maximum absolute atomic E-state index is 13.0. The average Bonchev–Trinajstić information content (AvgIpc) is 2.90. The van der Waals surface area contributed by atoms with Gasteiger partial charge < -0.3 is 9.64 Å². The summed E-state index contributed by atoms with van der Waals surface area (Å²) >= 11 is 0. The van der Waals surface area contributed by atoms with Gasteiger partial charge in [0.25, 0.3) is 5.56 Å². The Morgan fingerprint density at radius 2 is 2.00 bits per heavy atom. The van der Waals surface area contributed by atoms with Gasteiger partial charge in [0, 0.05) is 12.6 Å². The molecular weight excluding hydrogens is 330 g/mol. The van der Waals surface area contributed by atoms with E-state index in [0.29, 0.717) is 6.54 Å². The van der Waals surface area contributed by atoms with Gasteiger partial charge in [-0.1, -0.05) is 25.0 Å². The molecule has 2 aromatic rings. The number of rotatable bonds is 4. The molecule has 1 fully saturated rings. The van der Waals surface area contributed by atoms with E-state index in [1.165, 1.54) is 10.7 Å². The van der Waals surface area contributed by atoms with Crippen molar-refractivity contribution in [3.05, 3.63) is 58.0 Å². The monoisotopic (exact) mass is 355 g/mol. The number of likely N-dealkylation sites (tertiary alicyclic amines) is 1. The largest absolute Gasteiger partial charge is 0.497 e. The summed E-state index contributed by atoms with van der Waals surface area (Å²) < 4.78 is 6.47. The van der Waals surface area contributed by atoms with E-state index < -0.39 is 0 Å². The van der Waals surface area contributed by atoms with Crippen molar-refractivity contribution in [2.45, 2.75) is 45.2 Å². The quantitative estimate of drug-likeness (QED) is 0.846. The molecule has 1 saturated heterocycles. The second-order valence-corrected chi connectivity index (χ2v) is 6.75. The lowest BCUT2D eigenvalue weighted by Crippen LogP contribution is -2.39. The predicted molar refractivity (Wildman–Crippen MR) is 99.2 cm³/mol. The summed E-state index contributed by atoms with van der Waals surface area (Å²) in [6.07, 6.45) is 5.71. The molecular formula is C20H25N3O3. The Balaban J connectivity index is 1.83. The van der Waals surface area contributed by atoms with Gasteiger partial charge in [0.05, 0.1) is 19.3 Å². The lowest BCUT2D eigenvalue weighted by atomic mass is 10.0. The van der Waals surface area contributed by atoms with Crippen molar-refractivity contribution in [3.8, 4) is 5.75 Å². The molecule has 1 aliphatic rings. The maximum atomic E-state index is 13.0. The Bertz CT molecular complexity index is 814. The average molecular weight is 355 g/mol. The number of hydrogen-bond donors (Lipinski definition) is 0. The second kappa shape index (κ2) is 8.17. The van der Waals surface area contributed by atoms with Crippen LogP contribution in [0.15, 0.2) is 41.3 Å². The normalized spacial score (nSPS) is 17.6. The highest BCUT2D eigenvalue weighted by atomic mass is 16.5. The number of carbonyl (C=O) groups is 1. The highest BCUT2D eigenvalue weighted by Crippen LogP contribution is 2.31. The highest BCUT2D eigenvalue weighted by molar-refractivity contribution is 5.76. The Labute approximate surface area is 153 Å². The predicted octanol–water partition coefficient (Wildman–Crippen LogP) is 2.70. The zero-order chi connectivity index (χ0) is 18.5. The number of carbonyl (C=O) groups excluding carboxylic acids is 1. The third-order valence-electron chi connectivity index (χ3n) is 4.87. The lowest BCUT2D eigenvalue weighted by molar-refractivity contribution is -0.134. The van der Waals surface area contributed by atoms with E-state index in [1.54, 1.807) is 13.3 Å². The number of hydrogen-bond acceptors (Lipinski definition) is 4. The molecule has 0 spiro atoms. The number of aromatic nitrogens is 2. The minimum absolute atomic E-state index is 0.0221. The Morgan fingerprint density at radius 1 is 1.23 bits per heavy atom. The standard InChI is InChI=1S/C20H25N3O3/c1-15-12-19(24)23(21-13-15)14-20(25)22-11-5-3-4-6-18(22)16-7-9-17(26-2)10-8-16/h7-10,12-13,18H,3-6,11,14H2,1-2H3. The zero-order valence-corrected chi connectivity index (χ0v) is 15.4. The zero-order valence-electron chi connectivity index (χ0n) is 15.4. The van der Waals surface area contributed by atoms with Crippen molar-refractivity contribution in [1.82, 2.24) is 14.7 Å². The van der Waals surface area contributed by atoms with Crippen LogP contribution in [0, 0.1) is 6.92 Å². The Kier molecular flexibility index (Phi) is 5.71. The molecule has 3 rings (SSSR count). The van der Waals surface area contributed by atoms with E-state index in [1.807, 2.05) is 36.1 Å². The molecule has 26 heavy (non-hydrogen) atoms. The molecule has 6 nitrogen and oxygen atoms in total. The molecule has 1 aromatic carbocycles. The first-order chi connectivity index (χ1) is 12.6. The second-order valence-electron chi connectivity index (χ2n) is 6.75. The maximum Gasteiger partial charge on any atom is 0.267 e. The van der Waals surface area contributed by atoms with Gasteiger partial charge in [0.1, 0.15) is 12.3 Å². The van der Waals surface area contributed by atoms with Crippen molar-refractivity contribution in [1.29, 1.82) is 0 Å². The van der Waals surface area contributed by atoms with Gasteiger partial charge in [-0.15, -0.1) is 0 Å². The molecule has 0 saturated carbocycles. The van der Waals surface area contributed by atoms with Crippen LogP contribution < -0.4 is 10.3 Å². The number of aryl methyl sites for hydroxylation is 1. The van der Waals surface area contributed by atoms with Crippen molar-refractivity contribution in [3.63, 3.8) is 0 Å². The van der Waals surface area contributed by atoms with Crippen molar-refractivity contribution in [2.75, 3.05) is 13.7 Å². The van der Waals surface area contributed by atoms with Gasteiger partial charge in [-0.2, -0.15) is 5.10 Å². The smallest absolute Gasteiger partial charge is 0.267 e. The molecule has 138 valence electrons. The summed E-state index contributed by atoms with van der Waals surface area (Å²) in [5.41, 5.74) is 1.66. The minimum atomic E-state index is -0.242. The molecule has 6 heteroatoms. The fraction of sp³-hybridized carbons (Fsp3) is 0.450. The van der Waals surface area contributed by atoms with Crippen LogP contribution in [0.3, 0.4) is 0 Å². The van der Waals surface area contributed by atoms with Crippen molar-refractivity contribution >= 4 is 5.91 Å². The molecule has 1 amide bonds. The van der Waals surface area contributed by atoms with Crippen molar-refractivity contribution < 1.29 is 9.53 Å². The third-order valence-corrected chi connectivity index (χ3v) is 4.87. The van der Waals surface area contributed by atoms with Crippen LogP contribution >= 0.6 is 0 Å². The third kappa shape index (κ3) is 4.12. The molecule has 0 bridgehead atoms. The Morgan fingerprint density at radius 3 is 2.69 bits per heavy atom. The van der Waals surface area contributed by atoms with Crippen LogP contribution in [0.1, 0.15) is 42.9 Å². The number of methoxy groups -OCH3 is 1. The van der Waals surface area contributed by atoms with Crippen LogP contribution in [-0.2, 0) is 11.3 Å². The van der Waals surface area contributed by atoms with Crippen LogP contribution in [0.25, 0.3) is 0 Å². The van der Waals surface area contributed by atoms with E-state index in [4.69, 9.17) is 4.74 Å². The summed E-state index contributed by atoms with van der Waals surface area (Å²) in [6.45, 7) is 2.50. The molecule has 2 heterocycles. The summed E-state index contributed by atoms with van der Waals surface area (Å²) in [7, 11) is 1.64. The van der Waals surface area contributed by atoms with E-state index in [9.17, 15) is 9.59 Å². The van der Waals surface area contributed by atoms with Crippen molar-refractivity contribution in [2.24, 2.45) is 0 Å². The molecule has 0 N–H and O–H groups in total.